The molecule has 0 aliphatic carbocycles. The second kappa shape index (κ2) is 6.21. The lowest BCUT2D eigenvalue weighted by Crippen LogP contribution is -2.29. The molecule has 19 heavy (non-hydrogen) atoms. The minimum Gasteiger partial charge on any atom is -0.207 e. The second-order valence-corrected chi connectivity index (χ2v) is 8.11. The van der Waals surface area contributed by atoms with Crippen LogP contribution < -0.4 is 0 Å². The van der Waals surface area contributed by atoms with Gasteiger partial charge in [-0.05, 0) is 24.5 Å². The molecule has 0 atom stereocenters. The van der Waals surface area contributed by atoms with Crippen LogP contribution >= 0.6 is 11.8 Å². The maximum Gasteiger partial charge on any atom is 0.332 e. The molecule has 0 aromatic heterocycles. The van der Waals surface area contributed by atoms with Crippen molar-refractivity contribution in [1.29, 1.82) is 0 Å². The summed E-state index contributed by atoms with van der Waals surface area (Å²) in [5.41, 5.74) is 0. The van der Waals surface area contributed by atoms with E-state index in [0.717, 1.165) is 16.4 Å². The van der Waals surface area contributed by atoms with Crippen molar-refractivity contribution in [3.63, 3.8) is 0 Å². The molecule has 0 bridgehead atoms. The van der Waals surface area contributed by atoms with Crippen LogP contribution in [0.2, 0.25) is 0 Å². The third-order valence-corrected chi connectivity index (χ3v) is 5.67. The molecule has 5 nitrogen and oxygen atoms in total. The van der Waals surface area contributed by atoms with E-state index in [1.54, 1.807) is 0 Å². The Labute approximate surface area is 117 Å². The molecule has 9 heteroatoms. The van der Waals surface area contributed by atoms with Gasteiger partial charge in [-0.15, -0.1) is 3.89 Å². The van der Waals surface area contributed by atoms with E-state index in [4.69, 9.17) is 0 Å². The van der Waals surface area contributed by atoms with Crippen molar-refractivity contribution in [2.75, 3.05) is 25.6 Å². The van der Waals surface area contributed by atoms with Crippen LogP contribution in [0.3, 0.4) is 0 Å². The van der Waals surface area contributed by atoms with Gasteiger partial charge in [0.1, 0.15) is 0 Å². The standard InChI is InChI=1S/C10H14FNO4S3/c1-12(6-7-17-2)19(15,16)10-5-3-4-9(8-10)18(11,13)14/h3-5,8H,6-7H2,1-2H3. The minimum absolute atomic E-state index is 0.241. The first-order valence-electron chi connectivity index (χ1n) is 5.19. The van der Waals surface area contributed by atoms with E-state index in [2.05, 4.69) is 0 Å². The molecule has 0 N–H and O–H groups in total. The van der Waals surface area contributed by atoms with Gasteiger partial charge in [0.15, 0.2) is 0 Å². The van der Waals surface area contributed by atoms with Gasteiger partial charge in [-0.3, -0.25) is 0 Å². The molecule has 1 aromatic rings. The zero-order valence-electron chi connectivity index (χ0n) is 10.4. The van der Waals surface area contributed by atoms with Gasteiger partial charge in [-0.25, -0.2) is 12.7 Å². The van der Waals surface area contributed by atoms with Gasteiger partial charge >= 0.3 is 10.2 Å². The normalized spacial score (nSPS) is 12.8. The molecule has 0 spiro atoms. The number of benzene rings is 1. The maximum atomic E-state index is 12.9. The topological polar surface area (TPSA) is 71.5 Å². The smallest absolute Gasteiger partial charge is 0.207 e. The van der Waals surface area contributed by atoms with Crippen LogP contribution in [0.25, 0.3) is 0 Å². The Balaban J connectivity index is 3.16. The van der Waals surface area contributed by atoms with Gasteiger partial charge in [0.25, 0.3) is 0 Å². The van der Waals surface area contributed by atoms with Gasteiger partial charge in [-0.2, -0.15) is 20.2 Å². The van der Waals surface area contributed by atoms with Crippen molar-refractivity contribution < 1.29 is 20.7 Å². The highest BCUT2D eigenvalue weighted by Gasteiger charge is 2.22. The van der Waals surface area contributed by atoms with Crippen molar-refractivity contribution in [1.82, 2.24) is 4.31 Å². The second-order valence-electron chi connectivity index (χ2n) is 3.73. The van der Waals surface area contributed by atoms with E-state index < -0.39 is 25.1 Å². The predicted octanol–water partition coefficient (Wildman–Crippen LogP) is 1.33. The Hall–Kier alpha value is -0.640. The lowest BCUT2D eigenvalue weighted by Gasteiger charge is -2.16. The Morgan fingerprint density at radius 3 is 2.32 bits per heavy atom. The molecule has 0 radical (unpaired) electrons. The lowest BCUT2D eigenvalue weighted by atomic mass is 10.4. The predicted molar refractivity (Wildman–Crippen MR) is 72.9 cm³/mol. The first-order chi connectivity index (χ1) is 8.69. The van der Waals surface area contributed by atoms with Gasteiger partial charge in [0.2, 0.25) is 10.0 Å². The minimum atomic E-state index is -4.92. The molecule has 0 unspecified atom stereocenters. The molecule has 0 heterocycles. The molecule has 1 aromatic carbocycles. The molecule has 0 aliphatic rings. The van der Waals surface area contributed by atoms with Crippen molar-refractivity contribution in [3.05, 3.63) is 24.3 Å². The Morgan fingerprint density at radius 2 is 1.79 bits per heavy atom. The van der Waals surface area contributed by atoms with Crippen LogP contribution in [0, 0.1) is 0 Å². The third kappa shape index (κ3) is 4.16. The number of hydrogen-bond donors (Lipinski definition) is 0. The molecular weight excluding hydrogens is 313 g/mol. The summed E-state index contributed by atoms with van der Waals surface area (Å²) in [6.07, 6.45) is 1.84. The van der Waals surface area contributed by atoms with Gasteiger partial charge < -0.3 is 0 Å². The highest BCUT2D eigenvalue weighted by molar-refractivity contribution is 7.98. The fourth-order valence-corrected chi connectivity index (χ4v) is 3.68. The zero-order valence-corrected chi connectivity index (χ0v) is 12.9. The zero-order chi connectivity index (χ0) is 14.7. The van der Waals surface area contributed by atoms with Crippen LogP contribution in [0.1, 0.15) is 0 Å². The SMILES string of the molecule is CSCCN(C)S(=O)(=O)c1cccc(S(=O)(=O)F)c1. The number of hydrogen-bond acceptors (Lipinski definition) is 5. The number of halogens is 1. The highest BCUT2D eigenvalue weighted by Crippen LogP contribution is 2.20. The van der Waals surface area contributed by atoms with Crippen molar-refractivity contribution in [2.24, 2.45) is 0 Å². The van der Waals surface area contributed by atoms with E-state index in [-0.39, 0.29) is 11.4 Å². The Bertz CT molecular complexity index is 642. The molecule has 108 valence electrons. The summed E-state index contributed by atoms with van der Waals surface area (Å²) in [5.74, 6) is 0.608. The van der Waals surface area contributed by atoms with Crippen molar-refractivity contribution in [3.8, 4) is 0 Å². The van der Waals surface area contributed by atoms with Crippen LogP contribution in [0.5, 0.6) is 0 Å². The van der Waals surface area contributed by atoms with E-state index in [0.29, 0.717) is 5.75 Å². The Kier molecular flexibility index (Phi) is 5.36. The molecule has 1 rings (SSSR count). The number of sulfonamides is 1. The molecule has 0 saturated heterocycles. The summed E-state index contributed by atoms with van der Waals surface area (Å²) >= 11 is 1.49. The summed E-state index contributed by atoms with van der Waals surface area (Å²) in [5, 5.41) is 0. The Morgan fingerprint density at radius 1 is 1.21 bits per heavy atom. The first kappa shape index (κ1) is 16.4. The first-order valence-corrected chi connectivity index (χ1v) is 9.41. The highest BCUT2D eigenvalue weighted by atomic mass is 32.3. The molecular formula is C10H14FNO4S3. The van der Waals surface area contributed by atoms with E-state index in [1.807, 2.05) is 6.26 Å². The van der Waals surface area contributed by atoms with E-state index >= 15 is 0 Å². The number of rotatable bonds is 6. The molecule has 0 aliphatic heterocycles. The van der Waals surface area contributed by atoms with Crippen LogP contribution in [-0.4, -0.2) is 46.7 Å². The van der Waals surface area contributed by atoms with Crippen LogP contribution in [0.4, 0.5) is 3.89 Å². The fraction of sp³-hybridized carbons (Fsp3) is 0.400. The summed E-state index contributed by atoms with van der Waals surface area (Å²) in [6.45, 7) is 0.288. The van der Waals surface area contributed by atoms with Crippen molar-refractivity contribution >= 4 is 32.0 Å². The van der Waals surface area contributed by atoms with Crippen LogP contribution in [-0.2, 0) is 20.2 Å². The molecule has 0 fully saturated rings. The quantitative estimate of drug-likeness (QED) is 0.737. The summed E-state index contributed by atoms with van der Waals surface area (Å²) < 4.78 is 59.7. The monoisotopic (exact) mass is 327 g/mol. The largest absolute Gasteiger partial charge is 0.332 e. The van der Waals surface area contributed by atoms with Gasteiger partial charge in [0, 0.05) is 19.3 Å². The average Bonchev–Trinajstić information content (AvgIpc) is 2.35. The van der Waals surface area contributed by atoms with Crippen molar-refractivity contribution in [2.45, 2.75) is 9.79 Å². The molecule has 0 amide bonds. The maximum absolute atomic E-state index is 12.9. The van der Waals surface area contributed by atoms with Gasteiger partial charge in [-0.1, -0.05) is 6.07 Å². The summed E-state index contributed by atoms with van der Waals surface area (Å²) in [7, 11) is -7.33. The average molecular weight is 327 g/mol. The number of nitrogens with zero attached hydrogens (tertiary/aromatic N) is 1. The number of thioether (sulfide) groups is 1. The lowest BCUT2D eigenvalue weighted by molar-refractivity contribution is 0.488. The van der Waals surface area contributed by atoms with Gasteiger partial charge in [0.05, 0.1) is 9.79 Å². The summed E-state index contributed by atoms with van der Waals surface area (Å²) in [4.78, 5) is -0.901. The fourth-order valence-electron chi connectivity index (χ4n) is 1.31. The van der Waals surface area contributed by atoms with E-state index in [1.165, 1.54) is 30.9 Å². The van der Waals surface area contributed by atoms with E-state index in [9.17, 15) is 20.7 Å². The third-order valence-electron chi connectivity index (χ3n) is 2.41. The molecule has 0 saturated carbocycles. The van der Waals surface area contributed by atoms with Crippen LogP contribution in [0.15, 0.2) is 34.1 Å². The summed E-state index contributed by atoms with van der Waals surface area (Å²) in [6, 6.07) is 4.26.